The molecular formula is C15H17F4NO3. The minimum Gasteiger partial charge on any atom is -0.435 e. The molecule has 0 spiro atoms. The van der Waals surface area contributed by atoms with Gasteiger partial charge in [-0.2, -0.15) is 17.6 Å². The van der Waals surface area contributed by atoms with Crippen LogP contribution in [-0.4, -0.2) is 24.7 Å². The first-order valence-corrected chi connectivity index (χ1v) is 6.61. The summed E-state index contributed by atoms with van der Waals surface area (Å²) >= 11 is 0. The average Bonchev–Trinajstić information content (AvgIpc) is 2.34. The Morgan fingerprint density at radius 1 is 1.13 bits per heavy atom. The van der Waals surface area contributed by atoms with Crippen LogP contribution in [-0.2, 0) is 4.79 Å². The molecule has 0 atom stereocenters. The Hall–Kier alpha value is -2.25. The Balaban J connectivity index is 2.97. The molecule has 0 bridgehead atoms. The van der Waals surface area contributed by atoms with Crippen molar-refractivity contribution in [3.05, 3.63) is 29.8 Å². The van der Waals surface area contributed by atoms with Gasteiger partial charge in [-0.3, -0.25) is 4.79 Å². The van der Waals surface area contributed by atoms with Crippen LogP contribution in [0, 0.1) is 0 Å². The molecule has 0 aromatic heterocycles. The fraction of sp³-hybridized carbons (Fsp3) is 0.400. The summed E-state index contributed by atoms with van der Waals surface area (Å²) in [5, 5.41) is 2.65. The van der Waals surface area contributed by atoms with Gasteiger partial charge in [-0.1, -0.05) is 0 Å². The fourth-order valence-corrected chi connectivity index (χ4v) is 1.60. The summed E-state index contributed by atoms with van der Waals surface area (Å²) in [5.74, 6) is -1.14. The second kappa shape index (κ2) is 7.85. The molecule has 1 aromatic rings. The van der Waals surface area contributed by atoms with E-state index in [0.717, 1.165) is 18.2 Å². The van der Waals surface area contributed by atoms with Gasteiger partial charge in [0.15, 0.2) is 0 Å². The van der Waals surface area contributed by atoms with E-state index in [4.69, 9.17) is 0 Å². The minimum absolute atomic E-state index is 0.121. The highest BCUT2D eigenvalue weighted by molar-refractivity contribution is 5.92. The maximum absolute atomic E-state index is 12.4. The molecule has 4 nitrogen and oxygen atoms in total. The van der Waals surface area contributed by atoms with Crippen LogP contribution in [0.5, 0.6) is 11.5 Å². The highest BCUT2D eigenvalue weighted by atomic mass is 19.3. The number of amides is 1. The van der Waals surface area contributed by atoms with Crippen molar-refractivity contribution >= 4 is 12.0 Å². The van der Waals surface area contributed by atoms with E-state index in [2.05, 4.69) is 14.8 Å². The molecular weight excluding hydrogens is 318 g/mol. The van der Waals surface area contributed by atoms with Crippen molar-refractivity contribution in [3.63, 3.8) is 0 Å². The molecule has 1 amide bonds. The molecule has 0 aliphatic carbocycles. The molecule has 0 unspecified atom stereocenters. The topological polar surface area (TPSA) is 47.6 Å². The van der Waals surface area contributed by atoms with Crippen LogP contribution in [0.25, 0.3) is 6.08 Å². The van der Waals surface area contributed by atoms with E-state index < -0.39 is 24.7 Å². The first kappa shape index (κ1) is 18.8. The highest BCUT2D eigenvalue weighted by Crippen LogP contribution is 2.28. The van der Waals surface area contributed by atoms with Gasteiger partial charge in [0.05, 0.1) is 0 Å². The van der Waals surface area contributed by atoms with E-state index in [1.165, 1.54) is 12.1 Å². The monoisotopic (exact) mass is 335 g/mol. The predicted molar refractivity (Wildman–Crippen MR) is 76.6 cm³/mol. The van der Waals surface area contributed by atoms with Gasteiger partial charge in [0, 0.05) is 23.2 Å². The average molecular weight is 335 g/mol. The van der Waals surface area contributed by atoms with E-state index in [0.29, 0.717) is 0 Å². The molecule has 0 aliphatic heterocycles. The summed E-state index contributed by atoms with van der Waals surface area (Å²) in [6.07, 6.45) is 2.37. The lowest BCUT2D eigenvalue weighted by atomic mass is 10.1. The molecule has 1 aromatic carbocycles. The number of hydrogen-bond acceptors (Lipinski definition) is 3. The minimum atomic E-state index is -3.15. The Kier molecular flexibility index (Phi) is 6.41. The molecule has 0 radical (unpaired) electrons. The summed E-state index contributed by atoms with van der Waals surface area (Å²) in [5.41, 5.74) is -0.338. The quantitative estimate of drug-likeness (QED) is 0.635. The number of carbonyl (C=O) groups excluding carboxylic acids is 1. The van der Waals surface area contributed by atoms with E-state index in [-0.39, 0.29) is 17.1 Å². The third-order valence-electron chi connectivity index (χ3n) is 2.34. The maximum Gasteiger partial charge on any atom is 0.387 e. The number of nitrogens with one attached hydrogen (secondary N) is 1. The lowest BCUT2D eigenvalue weighted by Gasteiger charge is -2.19. The summed E-state index contributed by atoms with van der Waals surface area (Å²) in [4.78, 5) is 11.7. The number of rotatable bonds is 6. The van der Waals surface area contributed by atoms with Crippen molar-refractivity contribution in [1.82, 2.24) is 5.32 Å². The Morgan fingerprint density at radius 3 is 2.26 bits per heavy atom. The Bertz CT molecular complexity index is 568. The van der Waals surface area contributed by atoms with Crippen molar-refractivity contribution in [2.24, 2.45) is 0 Å². The Labute approximate surface area is 131 Å². The third kappa shape index (κ3) is 7.53. The Morgan fingerprint density at radius 2 is 1.74 bits per heavy atom. The number of ether oxygens (including phenoxy) is 2. The summed E-state index contributed by atoms with van der Waals surface area (Å²) in [6.45, 7) is -0.900. The number of alkyl halides is 4. The molecule has 0 saturated carbocycles. The second-order valence-corrected chi connectivity index (χ2v) is 5.53. The lowest BCUT2D eigenvalue weighted by Crippen LogP contribution is -2.39. The fourth-order valence-electron chi connectivity index (χ4n) is 1.60. The van der Waals surface area contributed by atoms with E-state index in [9.17, 15) is 22.4 Å². The van der Waals surface area contributed by atoms with Crippen molar-refractivity contribution in [2.45, 2.75) is 39.5 Å². The molecule has 0 saturated heterocycles. The zero-order valence-electron chi connectivity index (χ0n) is 12.8. The predicted octanol–water partition coefficient (Wildman–Crippen LogP) is 3.82. The van der Waals surface area contributed by atoms with Gasteiger partial charge in [0.2, 0.25) is 5.91 Å². The van der Waals surface area contributed by atoms with Gasteiger partial charge in [-0.15, -0.1) is 0 Å². The van der Waals surface area contributed by atoms with E-state index in [1.54, 1.807) is 20.8 Å². The van der Waals surface area contributed by atoms with Crippen LogP contribution in [0.3, 0.4) is 0 Å². The zero-order valence-corrected chi connectivity index (χ0v) is 12.8. The van der Waals surface area contributed by atoms with Crippen LogP contribution >= 0.6 is 0 Å². The lowest BCUT2D eigenvalue weighted by molar-refractivity contribution is -0.117. The molecule has 0 fully saturated rings. The summed E-state index contributed by atoms with van der Waals surface area (Å²) in [6, 6.07) is 3.29. The smallest absolute Gasteiger partial charge is 0.387 e. The maximum atomic E-state index is 12.4. The summed E-state index contributed by atoms with van der Waals surface area (Å²) < 4.78 is 57.5. The van der Waals surface area contributed by atoms with Gasteiger partial charge >= 0.3 is 13.2 Å². The highest BCUT2D eigenvalue weighted by Gasteiger charge is 2.14. The largest absolute Gasteiger partial charge is 0.435 e. The molecule has 1 rings (SSSR count). The SMILES string of the molecule is CC(C)(C)NC(=O)/C=C/c1ccc(OC(F)F)cc1OC(F)F. The van der Waals surface area contributed by atoms with Crippen LogP contribution in [0.4, 0.5) is 17.6 Å². The molecule has 23 heavy (non-hydrogen) atoms. The molecule has 1 N–H and O–H groups in total. The van der Waals surface area contributed by atoms with E-state index in [1.807, 2.05) is 0 Å². The number of benzene rings is 1. The van der Waals surface area contributed by atoms with Crippen LogP contribution < -0.4 is 14.8 Å². The number of carbonyl (C=O) groups is 1. The van der Waals surface area contributed by atoms with Gasteiger partial charge in [-0.05, 0) is 39.0 Å². The van der Waals surface area contributed by atoms with Gasteiger partial charge in [0.25, 0.3) is 0 Å². The molecule has 0 aliphatic rings. The van der Waals surface area contributed by atoms with E-state index >= 15 is 0 Å². The number of halogens is 4. The van der Waals surface area contributed by atoms with Crippen molar-refractivity contribution in [3.8, 4) is 11.5 Å². The van der Waals surface area contributed by atoms with Gasteiger partial charge in [0.1, 0.15) is 11.5 Å². The van der Waals surface area contributed by atoms with Crippen LogP contribution in [0.1, 0.15) is 26.3 Å². The van der Waals surface area contributed by atoms with Crippen LogP contribution in [0.2, 0.25) is 0 Å². The normalized spacial score (nSPS) is 12.0. The molecule has 0 heterocycles. The number of hydrogen-bond donors (Lipinski definition) is 1. The van der Waals surface area contributed by atoms with Crippen molar-refractivity contribution in [1.29, 1.82) is 0 Å². The van der Waals surface area contributed by atoms with Gasteiger partial charge < -0.3 is 14.8 Å². The van der Waals surface area contributed by atoms with Crippen molar-refractivity contribution < 1.29 is 31.8 Å². The van der Waals surface area contributed by atoms with Crippen molar-refractivity contribution in [2.75, 3.05) is 0 Å². The standard InChI is InChI=1S/C15H17F4NO3/c1-15(2,3)20-12(21)7-5-9-4-6-10(22-13(16)17)8-11(9)23-14(18)19/h4-8,13-14H,1-3H3,(H,20,21)/b7-5+. The molecule has 8 heteroatoms. The first-order chi connectivity index (χ1) is 10.6. The molecule has 128 valence electrons. The van der Waals surface area contributed by atoms with Gasteiger partial charge in [-0.25, -0.2) is 0 Å². The summed E-state index contributed by atoms with van der Waals surface area (Å²) in [7, 11) is 0. The second-order valence-electron chi connectivity index (χ2n) is 5.53. The first-order valence-electron chi connectivity index (χ1n) is 6.61. The third-order valence-corrected chi connectivity index (χ3v) is 2.34. The van der Waals surface area contributed by atoms with Crippen LogP contribution in [0.15, 0.2) is 24.3 Å². The zero-order chi connectivity index (χ0) is 17.6.